The maximum atomic E-state index is 11.3. The van der Waals surface area contributed by atoms with Crippen molar-refractivity contribution < 1.29 is 30.0 Å². The van der Waals surface area contributed by atoms with Gasteiger partial charge in [-0.05, 0) is 24.3 Å². The van der Waals surface area contributed by atoms with Crippen molar-refractivity contribution in [1.29, 1.82) is 0 Å². The van der Waals surface area contributed by atoms with Gasteiger partial charge in [-0.2, -0.15) is 0 Å². The van der Waals surface area contributed by atoms with Gasteiger partial charge in [0.1, 0.15) is 11.5 Å². The molecule has 3 aromatic carbocycles. The van der Waals surface area contributed by atoms with Gasteiger partial charge >= 0.3 is 11.9 Å². The number of benzene rings is 3. The summed E-state index contributed by atoms with van der Waals surface area (Å²) in [7, 11) is 0. The smallest absolute Gasteiger partial charge is 0.337 e. The van der Waals surface area contributed by atoms with Crippen LogP contribution in [0.2, 0.25) is 0 Å². The van der Waals surface area contributed by atoms with E-state index in [0.29, 0.717) is 0 Å². The summed E-state index contributed by atoms with van der Waals surface area (Å²) >= 11 is 0. The van der Waals surface area contributed by atoms with Crippen LogP contribution in [0.15, 0.2) is 60.7 Å². The van der Waals surface area contributed by atoms with E-state index in [1.807, 2.05) is 0 Å². The van der Waals surface area contributed by atoms with E-state index >= 15 is 0 Å². The molecule has 3 rings (SSSR count). The average Bonchev–Trinajstić information content (AvgIpc) is 2.66. The van der Waals surface area contributed by atoms with E-state index < -0.39 is 11.9 Å². The first kappa shape index (κ1) is 18.6. The van der Waals surface area contributed by atoms with Gasteiger partial charge < -0.3 is 31.1 Å². The third-order valence-electron chi connectivity index (χ3n) is 3.97. The van der Waals surface area contributed by atoms with Gasteiger partial charge in [0.15, 0.2) is 0 Å². The van der Waals surface area contributed by atoms with Crippen molar-refractivity contribution in [2.75, 3.05) is 10.6 Å². The van der Waals surface area contributed by atoms with Crippen LogP contribution in [0.3, 0.4) is 0 Å². The van der Waals surface area contributed by atoms with Crippen LogP contribution in [0.25, 0.3) is 0 Å². The number of hydrogen-bond acceptors (Lipinski definition) is 6. The quantitative estimate of drug-likeness (QED) is 0.279. The Morgan fingerprint density at radius 2 is 0.964 bits per heavy atom. The second-order valence-corrected chi connectivity index (χ2v) is 5.84. The van der Waals surface area contributed by atoms with Crippen LogP contribution in [0.5, 0.6) is 11.5 Å². The van der Waals surface area contributed by atoms with Gasteiger partial charge in [0.05, 0.1) is 33.9 Å². The molecular formula is C20H16N2O6. The first-order chi connectivity index (χ1) is 13.4. The second kappa shape index (κ2) is 7.58. The van der Waals surface area contributed by atoms with Gasteiger partial charge in [-0.15, -0.1) is 0 Å². The molecule has 0 saturated carbocycles. The maximum Gasteiger partial charge on any atom is 0.337 e. The van der Waals surface area contributed by atoms with E-state index in [1.54, 1.807) is 24.3 Å². The van der Waals surface area contributed by atoms with Crippen molar-refractivity contribution in [2.45, 2.75) is 0 Å². The van der Waals surface area contributed by atoms with E-state index in [9.17, 15) is 30.0 Å². The Balaban J connectivity index is 1.93. The van der Waals surface area contributed by atoms with Crippen LogP contribution in [-0.4, -0.2) is 32.4 Å². The van der Waals surface area contributed by atoms with Gasteiger partial charge in [0, 0.05) is 12.1 Å². The molecule has 142 valence electrons. The lowest BCUT2D eigenvalue weighted by Crippen LogP contribution is -2.04. The highest BCUT2D eigenvalue weighted by Gasteiger charge is 2.15. The highest BCUT2D eigenvalue weighted by atomic mass is 16.4. The number of hydrogen-bond donors (Lipinski definition) is 6. The van der Waals surface area contributed by atoms with Crippen LogP contribution >= 0.6 is 0 Å². The molecule has 28 heavy (non-hydrogen) atoms. The van der Waals surface area contributed by atoms with Gasteiger partial charge in [-0.1, -0.05) is 24.3 Å². The van der Waals surface area contributed by atoms with Crippen molar-refractivity contribution >= 4 is 34.7 Å². The van der Waals surface area contributed by atoms with E-state index in [-0.39, 0.29) is 45.4 Å². The highest BCUT2D eigenvalue weighted by Crippen LogP contribution is 2.38. The Hall–Kier alpha value is -4.20. The molecule has 0 atom stereocenters. The molecule has 0 unspecified atom stereocenters. The standard InChI is InChI=1S/C20H16N2O6/c23-17-10-16(22-14-8-4-2-6-12(14)20(27)28)18(24)9-15(17)21-13-7-3-1-5-11(13)19(25)26/h1-10,21-24H,(H,25,26)(H,27,28). The minimum absolute atomic E-state index is 0.000947. The number of phenols is 2. The van der Waals surface area contributed by atoms with Crippen molar-refractivity contribution in [2.24, 2.45) is 0 Å². The zero-order chi connectivity index (χ0) is 20.3. The molecule has 3 aromatic rings. The summed E-state index contributed by atoms with van der Waals surface area (Å²) in [5.41, 5.74) is 0.646. The van der Waals surface area contributed by atoms with E-state index in [1.165, 1.54) is 36.4 Å². The van der Waals surface area contributed by atoms with Gasteiger partial charge in [-0.25, -0.2) is 9.59 Å². The topological polar surface area (TPSA) is 139 Å². The molecule has 0 fully saturated rings. The molecule has 6 N–H and O–H groups in total. The number of para-hydroxylation sites is 2. The Labute approximate surface area is 159 Å². The molecule has 0 radical (unpaired) electrons. The summed E-state index contributed by atoms with van der Waals surface area (Å²) in [6.07, 6.45) is 0. The fourth-order valence-electron chi connectivity index (χ4n) is 2.62. The van der Waals surface area contributed by atoms with Crippen molar-refractivity contribution in [3.63, 3.8) is 0 Å². The molecule has 0 heterocycles. The summed E-state index contributed by atoms with van der Waals surface area (Å²) in [4.78, 5) is 22.6. The van der Waals surface area contributed by atoms with Crippen molar-refractivity contribution in [3.05, 3.63) is 71.8 Å². The van der Waals surface area contributed by atoms with Gasteiger partial charge in [0.25, 0.3) is 0 Å². The minimum Gasteiger partial charge on any atom is -0.506 e. The number of carboxylic acids is 2. The number of nitrogens with one attached hydrogen (secondary N) is 2. The zero-order valence-corrected chi connectivity index (χ0v) is 14.4. The summed E-state index contributed by atoms with van der Waals surface area (Å²) < 4.78 is 0. The van der Waals surface area contributed by atoms with Crippen LogP contribution in [0, 0.1) is 0 Å². The molecule has 0 spiro atoms. The van der Waals surface area contributed by atoms with Crippen LogP contribution in [-0.2, 0) is 0 Å². The molecule has 8 nitrogen and oxygen atoms in total. The lowest BCUT2D eigenvalue weighted by atomic mass is 10.1. The predicted octanol–water partition coefficient (Wildman–Crippen LogP) is 3.98. The SMILES string of the molecule is O=C(O)c1ccccc1Nc1cc(O)c(Nc2ccccc2C(=O)O)cc1O. The lowest BCUT2D eigenvalue weighted by molar-refractivity contribution is 0.0687. The number of rotatable bonds is 6. The second-order valence-electron chi connectivity index (χ2n) is 5.84. The Morgan fingerprint density at radius 1 is 0.607 bits per heavy atom. The molecule has 0 aromatic heterocycles. The largest absolute Gasteiger partial charge is 0.506 e. The molecule has 0 aliphatic rings. The summed E-state index contributed by atoms with van der Waals surface area (Å²) in [5, 5.41) is 44.6. The Morgan fingerprint density at radius 3 is 1.32 bits per heavy atom. The number of aromatic hydroxyl groups is 2. The fraction of sp³-hybridized carbons (Fsp3) is 0. The number of carbonyl (C=O) groups is 2. The molecule has 0 aliphatic carbocycles. The average molecular weight is 380 g/mol. The Kier molecular flexibility index (Phi) is 5.03. The normalized spacial score (nSPS) is 10.3. The predicted molar refractivity (Wildman–Crippen MR) is 103 cm³/mol. The molecule has 8 heteroatoms. The fourth-order valence-corrected chi connectivity index (χ4v) is 2.62. The van der Waals surface area contributed by atoms with Gasteiger partial charge in [0.2, 0.25) is 0 Å². The summed E-state index contributed by atoms with van der Waals surface area (Å²) in [5.74, 6) is -2.83. The number of carboxylic acid groups (broad SMARTS) is 2. The number of aromatic carboxylic acids is 2. The first-order valence-corrected chi connectivity index (χ1v) is 8.11. The lowest BCUT2D eigenvalue weighted by Gasteiger charge is -2.15. The van der Waals surface area contributed by atoms with Crippen molar-refractivity contribution in [1.82, 2.24) is 0 Å². The van der Waals surface area contributed by atoms with E-state index in [0.717, 1.165) is 0 Å². The first-order valence-electron chi connectivity index (χ1n) is 8.11. The molecule has 0 saturated heterocycles. The zero-order valence-electron chi connectivity index (χ0n) is 14.4. The molecular weight excluding hydrogens is 364 g/mol. The van der Waals surface area contributed by atoms with Gasteiger partial charge in [-0.3, -0.25) is 0 Å². The van der Waals surface area contributed by atoms with E-state index in [2.05, 4.69) is 10.6 Å². The third-order valence-corrected chi connectivity index (χ3v) is 3.97. The Bertz CT molecular complexity index is 979. The molecule has 0 aliphatic heterocycles. The highest BCUT2D eigenvalue weighted by molar-refractivity contribution is 5.96. The van der Waals surface area contributed by atoms with Crippen molar-refractivity contribution in [3.8, 4) is 11.5 Å². The minimum atomic E-state index is -1.14. The number of anilines is 4. The molecule has 0 bridgehead atoms. The maximum absolute atomic E-state index is 11.3. The van der Waals surface area contributed by atoms with Crippen LogP contribution in [0.4, 0.5) is 22.7 Å². The monoisotopic (exact) mass is 380 g/mol. The van der Waals surface area contributed by atoms with Crippen LogP contribution in [0.1, 0.15) is 20.7 Å². The summed E-state index contributed by atoms with van der Waals surface area (Å²) in [6.45, 7) is 0. The molecule has 0 amide bonds. The van der Waals surface area contributed by atoms with E-state index in [4.69, 9.17) is 0 Å². The van der Waals surface area contributed by atoms with Crippen LogP contribution < -0.4 is 10.6 Å². The summed E-state index contributed by atoms with van der Waals surface area (Å²) in [6, 6.07) is 14.7. The third kappa shape index (κ3) is 3.80. The number of phenolic OH excluding ortho intramolecular Hbond substituents is 2.